The molecule has 1 aliphatic carbocycles. The van der Waals surface area contributed by atoms with Gasteiger partial charge < -0.3 is 4.74 Å². The third-order valence-corrected chi connectivity index (χ3v) is 2.33. The monoisotopic (exact) mass is 234 g/mol. The van der Waals surface area contributed by atoms with E-state index in [0.717, 1.165) is 6.08 Å². The van der Waals surface area contributed by atoms with Crippen LogP contribution in [0.4, 0.5) is 13.2 Å². The summed E-state index contributed by atoms with van der Waals surface area (Å²) in [4.78, 5) is 0. The van der Waals surface area contributed by atoms with E-state index in [4.69, 9.17) is 16.3 Å². The van der Waals surface area contributed by atoms with Gasteiger partial charge in [-0.2, -0.15) is 13.2 Å². The number of fused-ring (bicyclic) bond motifs is 1. The normalized spacial score (nSPS) is 24.8. The maximum Gasteiger partial charge on any atom is 0.399 e. The lowest BCUT2D eigenvalue weighted by Crippen LogP contribution is -2.26. The zero-order valence-electron chi connectivity index (χ0n) is 7.38. The summed E-state index contributed by atoms with van der Waals surface area (Å²) in [6, 6.07) is 0. The third kappa shape index (κ3) is 1.95. The number of ether oxygens (including phenoxy) is 1. The van der Waals surface area contributed by atoms with Gasteiger partial charge in [0.25, 0.3) is 0 Å². The fraction of sp³-hybridized carbons (Fsp3) is 0.200. The zero-order valence-corrected chi connectivity index (χ0v) is 8.14. The summed E-state index contributed by atoms with van der Waals surface area (Å²) in [5, 5.41) is 0.0706. The van der Waals surface area contributed by atoms with E-state index in [-0.39, 0.29) is 16.6 Å². The highest BCUT2D eigenvalue weighted by Gasteiger charge is 2.43. The fourth-order valence-corrected chi connectivity index (χ4v) is 1.61. The molecule has 1 nitrogen and oxygen atoms in total. The minimum Gasteiger partial charge on any atom is -0.445 e. The van der Waals surface area contributed by atoms with Crippen molar-refractivity contribution in [1.82, 2.24) is 0 Å². The fourth-order valence-electron chi connectivity index (χ4n) is 1.47. The Morgan fingerprint density at radius 1 is 1.20 bits per heavy atom. The second kappa shape index (κ2) is 3.45. The summed E-state index contributed by atoms with van der Waals surface area (Å²) in [7, 11) is 0. The van der Waals surface area contributed by atoms with Crippen LogP contribution in [0.5, 0.6) is 0 Å². The molecule has 80 valence electrons. The Kier molecular flexibility index (Phi) is 2.38. The van der Waals surface area contributed by atoms with Crippen molar-refractivity contribution in [3.8, 4) is 0 Å². The van der Waals surface area contributed by atoms with Crippen molar-refractivity contribution in [2.45, 2.75) is 6.18 Å². The van der Waals surface area contributed by atoms with Crippen molar-refractivity contribution in [3.05, 3.63) is 46.9 Å². The van der Waals surface area contributed by atoms with Crippen molar-refractivity contribution < 1.29 is 17.9 Å². The van der Waals surface area contributed by atoms with E-state index in [1.54, 1.807) is 0 Å². The first-order valence-corrected chi connectivity index (χ1v) is 4.57. The van der Waals surface area contributed by atoms with Crippen molar-refractivity contribution in [2.24, 2.45) is 5.92 Å². The van der Waals surface area contributed by atoms with Crippen LogP contribution in [0, 0.1) is 5.92 Å². The Morgan fingerprint density at radius 3 is 2.60 bits per heavy atom. The van der Waals surface area contributed by atoms with Gasteiger partial charge in [-0.1, -0.05) is 12.2 Å². The second-order valence-corrected chi connectivity index (χ2v) is 3.50. The minimum atomic E-state index is -4.30. The SMILES string of the molecule is FC(F)(F)C1C=CC=C2OC(Cl)=CC=C21. The standard InChI is InChI=1S/C10H6ClF3O/c11-9-5-4-6-7(10(12,13)14)2-1-3-8(6)15-9/h1-5,7H. The van der Waals surface area contributed by atoms with Gasteiger partial charge in [0.1, 0.15) is 11.7 Å². The van der Waals surface area contributed by atoms with Crippen LogP contribution in [0.25, 0.3) is 0 Å². The topological polar surface area (TPSA) is 9.23 Å². The van der Waals surface area contributed by atoms with Crippen LogP contribution in [0.15, 0.2) is 46.9 Å². The third-order valence-electron chi connectivity index (χ3n) is 2.12. The molecule has 0 bridgehead atoms. The zero-order chi connectivity index (χ0) is 11.1. The molecule has 0 radical (unpaired) electrons. The predicted molar refractivity (Wildman–Crippen MR) is 49.9 cm³/mol. The smallest absolute Gasteiger partial charge is 0.399 e. The summed E-state index contributed by atoms with van der Waals surface area (Å²) in [6.07, 6.45) is 2.21. The van der Waals surface area contributed by atoms with E-state index in [1.165, 1.54) is 24.3 Å². The highest BCUT2D eigenvalue weighted by atomic mass is 35.5. The van der Waals surface area contributed by atoms with Crippen molar-refractivity contribution in [3.63, 3.8) is 0 Å². The van der Waals surface area contributed by atoms with Crippen LogP contribution in [0.2, 0.25) is 0 Å². The molecule has 1 heterocycles. The second-order valence-electron chi connectivity index (χ2n) is 3.13. The number of hydrogen-bond donors (Lipinski definition) is 0. The van der Waals surface area contributed by atoms with Gasteiger partial charge in [-0.25, -0.2) is 0 Å². The summed E-state index contributed by atoms with van der Waals surface area (Å²) in [6.45, 7) is 0. The maximum atomic E-state index is 12.6. The Morgan fingerprint density at radius 2 is 1.93 bits per heavy atom. The highest BCUT2D eigenvalue weighted by molar-refractivity contribution is 6.28. The molecule has 0 saturated carbocycles. The Hall–Kier alpha value is -1.16. The van der Waals surface area contributed by atoms with Gasteiger partial charge in [-0.05, 0) is 29.8 Å². The Balaban J connectivity index is 2.39. The van der Waals surface area contributed by atoms with Crippen molar-refractivity contribution in [2.75, 3.05) is 0 Å². The average molecular weight is 235 g/mol. The summed E-state index contributed by atoms with van der Waals surface area (Å²) >= 11 is 5.55. The Labute approximate surface area is 89.2 Å². The minimum absolute atomic E-state index is 0.0706. The number of alkyl halides is 3. The van der Waals surface area contributed by atoms with E-state index in [2.05, 4.69) is 0 Å². The van der Waals surface area contributed by atoms with Gasteiger partial charge in [-0.3, -0.25) is 0 Å². The van der Waals surface area contributed by atoms with E-state index in [1.807, 2.05) is 0 Å². The Bertz CT molecular complexity index is 401. The molecule has 1 atom stereocenters. The molecule has 5 heteroatoms. The molecule has 0 aromatic rings. The molecular weight excluding hydrogens is 229 g/mol. The molecule has 1 unspecified atom stereocenters. The quantitative estimate of drug-likeness (QED) is 0.622. The largest absolute Gasteiger partial charge is 0.445 e. The van der Waals surface area contributed by atoms with Crippen LogP contribution in [0.3, 0.4) is 0 Å². The van der Waals surface area contributed by atoms with Gasteiger partial charge >= 0.3 is 6.18 Å². The van der Waals surface area contributed by atoms with Crippen LogP contribution >= 0.6 is 11.6 Å². The molecule has 0 amide bonds. The van der Waals surface area contributed by atoms with Crippen molar-refractivity contribution in [1.29, 1.82) is 0 Å². The number of halogens is 4. The maximum absolute atomic E-state index is 12.6. The molecule has 15 heavy (non-hydrogen) atoms. The summed E-state index contributed by atoms with van der Waals surface area (Å²) in [5.74, 6) is -1.45. The molecule has 0 fully saturated rings. The number of rotatable bonds is 0. The van der Waals surface area contributed by atoms with Gasteiger partial charge in [0.15, 0.2) is 5.22 Å². The van der Waals surface area contributed by atoms with Crippen LogP contribution in [-0.4, -0.2) is 6.18 Å². The van der Waals surface area contributed by atoms with Crippen molar-refractivity contribution >= 4 is 11.6 Å². The number of allylic oxidation sites excluding steroid dienone is 6. The molecule has 0 aromatic heterocycles. The number of hydrogen-bond acceptors (Lipinski definition) is 1. The lowest BCUT2D eigenvalue weighted by atomic mass is 9.91. The summed E-state index contributed by atoms with van der Waals surface area (Å²) in [5.41, 5.74) is 0.0920. The highest BCUT2D eigenvalue weighted by Crippen LogP contribution is 2.41. The van der Waals surface area contributed by atoms with Gasteiger partial charge in [0, 0.05) is 5.57 Å². The van der Waals surface area contributed by atoms with Crippen LogP contribution < -0.4 is 0 Å². The molecule has 0 saturated heterocycles. The molecule has 0 aromatic carbocycles. The van der Waals surface area contributed by atoms with E-state index in [0.29, 0.717) is 0 Å². The summed E-state index contributed by atoms with van der Waals surface area (Å²) < 4.78 is 42.7. The predicted octanol–water partition coefficient (Wildman–Crippen LogP) is 3.66. The van der Waals surface area contributed by atoms with Gasteiger partial charge in [0.2, 0.25) is 0 Å². The van der Waals surface area contributed by atoms with Gasteiger partial charge in [-0.15, -0.1) is 0 Å². The van der Waals surface area contributed by atoms with E-state index >= 15 is 0 Å². The van der Waals surface area contributed by atoms with Crippen LogP contribution in [-0.2, 0) is 4.74 Å². The first-order valence-electron chi connectivity index (χ1n) is 4.19. The lowest BCUT2D eigenvalue weighted by Gasteiger charge is -2.26. The molecular formula is C10H6ClF3O. The van der Waals surface area contributed by atoms with Gasteiger partial charge in [0.05, 0.1) is 0 Å². The van der Waals surface area contributed by atoms with Crippen LogP contribution in [0.1, 0.15) is 0 Å². The first kappa shape index (κ1) is 10.4. The molecule has 2 aliphatic rings. The molecule has 0 N–H and O–H groups in total. The van der Waals surface area contributed by atoms with E-state index in [9.17, 15) is 13.2 Å². The average Bonchev–Trinajstić information content (AvgIpc) is 2.15. The molecule has 0 spiro atoms. The lowest BCUT2D eigenvalue weighted by molar-refractivity contribution is -0.152. The molecule has 2 rings (SSSR count). The van der Waals surface area contributed by atoms with E-state index < -0.39 is 12.1 Å². The molecule has 1 aliphatic heterocycles. The first-order chi connectivity index (χ1) is 6.98.